The molecule has 0 bridgehead atoms. The summed E-state index contributed by atoms with van der Waals surface area (Å²) in [5.74, 6) is -0.0436. The van der Waals surface area contributed by atoms with Crippen LogP contribution in [0.15, 0.2) is 76.5 Å². The molecule has 0 saturated heterocycles. The molecular weight excluding hydrogens is 613 g/mol. The number of benzene rings is 3. The van der Waals surface area contributed by atoms with Gasteiger partial charge in [0.2, 0.25) is 0 Å². The van der Waals surface area contributed by atoms with Crippen molar-refractivity contribution in [3.63, 3.8) is 0 Å². The van der Waals surface area contributed by atoms with E-state index in [9.17, 15) is 34.8 Å². The fraction of sp³-hybridized carbons (Fsp3) is 0.321. The van der Waals surface area contributed by atoms with Gasteiger partial charge in [-0.2, -0.15) is 21.6 Å². The Bertz CT molecular complexity index is 1720. The Hall–Kier alpha value is -3.82. The predicted molar refractivity (Wildman–Crippen MR) is 151 cm³/mol. The molecule has 0 fully saturated rings. The van der Waals surface area contributed by atoms with Crippen molar-refractivity contribution >= 4 is 37.6 Å². The summed E-state index contributed by atoms with van der Waals surface area (Å²) in [6.07, 6.45) is -6.82. The molecule has 1 heterocycles. The number of hydrogen-bond acceptors (Lipinski definition) is 8. The van der Waals surface area contributed by atoms with E-state index in [0.717, 1.165) is 28.1 Å². The molecule has 1 aliphatic heterocycles. The van der Waals surface area contributed by atoms with Gasteiger partial charge in [0, 0.05) is 5.69 Å². The molecule has 10 nitrogen and oxygen atoms in total. The highest BCUT2D eigenvalue weighted by molar-refractivity contribution is 7.92. The summed E-state index contributed by atoms with van der Waals surface area (Å²) in [5.41, 5.74) is -1.18. The molecule has 1 atom stereocenters. The zero-order valence-corrected chi connectivity index (χ0v) is 25.1. The van der Waals surface area contributed by atoms with Crippen LogP contribution in [-0.4, -0.2) is 47.8 Å². The SMILES string of the molecule is Cc1ccc(S(=O)(=O)OCC2CN(S(=O)(=O)c3cccc(C(F)(F)F)c3)c3cc(NC(=O)OC(C)(C)C)ccc3O2)cc1. The lowest BCUT2D eigenvalue weighted by Gasteiger charge is -2.35. The van der Waals surface area contributed by atoms with Gasteiger partial charge in [0.15, 0.2) is 0 Å². The molecule has 1 unspecified atom stereocenters. The topological polar surface area (TPSA) is 128 Å². The fourth-order valence-corrected chi connectivity index (χ4v) is 6.51. The van der Waals surface area contributed by atoms with Gasteiger partial charge in [0.25, 0.3) is 20.1 Å². The van der Waals surface area contributed by atoms with Crippen LogP contribution in [0.2, 0.25) is 0 Å². The average molecular weight is 643 g/mol. The van der Waals surface area contributed by atoms with Gasteiger partial charge in [-0.25, -0.2) is 13.2 Å². The first-order valence-corrected chi connectivity index (χ1v) is 15.7. The number of ether oxygens (including phenoxy) is 2. The average Bonchev–Trinajstić information content (AvgIpc) is 2.90. The predicted octanol–water partition coefficient (Wildman–Crippen LogP) is 5.72. The van der Waals surface area contributed by atoms with Crippen molar-refractivity contribution in [3.8, 4) is 5.75 Å². The Morgan fingerprint density at radius 3 is 2.28 bits per heavy atom. The molecule has 232 valence electrons. The van der Waals surface area contributed by atoms with Gasteiger partial charge in [0.1, 0.15) is 24.1 Å². The number of aryl methyl sites for hydroxylation is 1. The van der Waals surface area contributed by atoms with E-state index in [-0.39, 0.29) is 22.0 Å². The minimum Gasteiger partial charge on any atom is -0.484 e. The van der Waals surface area contributed by atoms with Gasteiger partial charge in [-0.15, -0.1) is 0 Å². The lowest BCUT2D eigenvalue weighted by molar-refractivity contribution is -0.137. The second-order valence-corrected chi connectivity index (χ2v) is 14.1. The van der Waals surface area contributed by atoms with Crippen LogP contribution >= 0.6 is 0 Å². The largest absolute Gasteiger partial charge is 0.484 e. The first-order valence-electron chi connectivity index (χ1n) is 12.8. The van der Waals surface area contributed by atoms with Crippen molar-refractivity contribution in [3.05, 3.63) is 77.9 Å². The minimum absolute atomic E-state index is 0.0436. The number of halogens is 3. The Labute approximate surface area is 247 Å². The molecule has 0 aromatic heterocycles. The maximum absolute atomic E-state index is 13.8. The number of nitrogens with zero attached hydrogens (tertiary/aromatic N) is 1. The number of hydrogen-bond donors (Lipinski definition) is 1. The van der Waals surface area contributed by atoms with E-state index in [1.807, 2.05) is 0 Å². The maximum atomic E-state index is 13.8. The van der Waals surface area contributed by atoms with Gasteiger partial charge >= 0.3 is 12.3 Å². The first-order chi connectivity index (χ1) is 19.8. The van der Waals surface area contributed by atoms with Crippen LogP contribution in [0, 0.1) is 6.92 Å². The smallest absolute Gasteiger partial charge is 0.416 e. The third kappa shape index (κ3) is 7.77. The molecule has 1 N–H and O–H groups in total. The van der Waals surface area contributed by atoms with Crippen molar-refractivity contribution in [2.45, 2.75) is 55.4 Å². The Morgan fingerprint density at radius 2 is 1.65 bits per heavy atom. The van der Waals surface area contributed by atoms with Crippen LogP contribution in [0.1, 0.15) is 31.9 Å². The number of carbonyl (C=O) groups excluding carboxylic acids is 1. The summed E-state index contributed by atoms with van der Waals surface area (Å²) in [5, 5.41) is 2.48. The second-order valence-electron chi connectivity index (χ2n) is 10.7. The van der Waals surface area contributed by atoms with Gasteiger partial charge in [-0.3, -0.25) is 13.8 Å². The van der Waals surface area contributed by atoms with E-state index in [1.54, 1.807) is 39.8 Å². The fourth-order valence-electron chi connectivity index (χ4n) is 4.02. The van der Waals surface area contributed by atoms with E-state index in [2.05, 4.69) is 5.32 Å². The third-order valence-electron chi connectivity index (χ3n) is 6.00. The Balaban J connectivity index is 1.69. The second kappa shape index (κ2) is 11.7. The van der Waals surface area contributed by atoms with Crippen molar-refractivity contribution in [1.29, 1.82) is 0 Å². The zero-order valence-electron chi connectivity index (χ0n) is 23.5. The molecule has 43 heavy (non-hydrogen) atoms. The van der Waals surface area contributed by atoms with E-state index < -0.39 is 67.7 Å². The molecule has 4 rings (SSSR count). The lowest BCUT2D eigenvalue weighted by atomic mass is 10.2. The van der Waals surface area contributed by atoms with E-state index in [4.69, 9.17) is 13.7 Å². The summed E-state index contributed by atoms with van der Waals surface area (Å²) < 4.78 is 110. The van der Waals surface area contributed by atoms with Crippen molar-refractivity contribution in [2.24, 2.45) is 0 Å². The van der Waals surface area contributed by atoms with Crippen molar-refractivity contribution < 1.29 is 48.5 Å². The van der Waals surface area contributed by atoms with Gasteiger partial charge in [-0.05, 0) is 76.2 Å². The number of rotatable bonds is 7. The quantitative estimate of drug-likeness (QED) is 0.324. The number of anilines is 2. The highest BCUT2D eigenvalue weighted by atomic mass is 32.2. The molecule has 0 spiro atoms. The minimum atomic E-state index is -4.81. The van der Waals surface area contributed by atoms with Crippen LogP contribution in [0.3, 0.4) is 0 Å². The molecule has 0 saturated carbocycles. The zero-order chi connectivity index (χ0) is 31.8. The summed E-state index contributed by atoms with van der Waals surface area (Å²) in [6, 6.07) is 13.1. The summed E-state index contributed by atoms with van der Waals surface area (Å²) in [6.45, 7) is 5.60. The van der Waals surface area contributed by atoms with E-state index >= 15 is 0 Å². The first kappa shape index (κ1) is 32.1. The van der Waals surface area contributed by atoms with Gasteiger partial charge in [-0.1, -0.05) is 23.8 Å². The molecule has 3 aromatic rings. The molecule has 3 aromatic carbocycles. The van der Waals surface area contributed by atoms with Crippen LogP contribution in [0.5, 0.6) is 5.75 Å². The number of amides is 1. The van der Waals surface area contributed by atoms with E-state index in [1.165, 1.54) is 30.3 Å². The van der Waals surface area contributed by atoms with Crippen molar-refractivity contribution in [1.82, 2.24) is 0 Å². The summed E-state index contributed by atoms with van der Waals surface area (Å²) >= 11 is 0. The maximum Gasteiger partial charge on any atom is 0.416 e. The number of alkyl halides is 3. The Morgan fingerprint density at radius 1 is 0.977 bits per heavy atom. The molecule has 15 heteroatoms. The summed E-state index contributed by atoms with van der Waals surface area (Å²) in [4.78, 5) is 11.5. The summed E-state index contributed by atoms with van der Waals surface area (Å²) in [7, 11) is -8.92. The molecule has 1 aliphatic rings. The molecule has 1 amide bonds. The lowest BCUT2D eigenvalue weighted by Crippen LogP contribution is -2.45. The van der Waals surface area contributed by atoms with Crippen molar-refractivity contribution in [2.75, 3.05) is 22.8 Å². The monoisotopic (exact) mass is 642 g/mol. The number of nitrogens with one attached hydrogen (secondary N) is 1. The van der Waals surface area contributed by atoms with E-state index in [0.29, 0.717) is 6.07 Å². The van der Waals surface area contributed by atoms with Gasteiger partial charge in [0.05, 0.1) is 27.6 Å². The number of carbonyl (C=O) groups is 1. The van der Waals surface area contributed by atoms with Crippen LogP contribution in [0.25, 0.3) is 0 Å². The highest BCUT2D eigenvalue weighted by Gasteiger charge is 2.38. The van der Waals surface area contributed by atoms with Crippen LogP contribution in [0.4, 0.5) is 29.3 Å². The number of sulfonamides is 1. The standard InChI is InChI=1S/C28H29F3N2O8S2/c1-18-8-11-22(12-9-18)43(37,38)39-17-21-16-33(42(35,36)23-7-5-6-19(14-23)28(29,30)31)24-15-20(10-13-25(24)40-21)32-26(34)41-27(2,3)4/h5-15,21H,16-17H2,1-4H3,(H,32,34). The Kier molecular flexibility index (Phi) is 8.73. The van der Waals surface area contributed by atoms with Crippen LogP contribution < -0.4 is 14.4 Å². The number of fused-ring (bicyclic) bond motifs is 1. The molecule has 0 aliphatic carbocycles. The molecule has 0 radical (unpaired) electrons. The molecular formula is C28H29F3N2O8S2. The highest BCUT2D eigenvalue weighted by Crippen LogP contribution is 2.40. The van der Waals surface area contributed by atoms with Gasteiger partial charge < -0.3 is 9.47 Å². The van der Waals surface area contributed by atoms with Crippen LogP contribution in [-0.2, 0) is 35.2 Å². The normalized spacial score (nSPS) is 15.8. The third-order valence-corrected chi connectivity index (χ3v) is 9.08.